The van der Waals surface area contributed by atoms with Gasteiger partial charge in [0.15, 0.2) is 0 Å². The van der Waals surface area contributed by atoms with E-state index in [2.05, 4.69) is 42.9 Å². The molecule has 0 amide bonds. The third-order valence-electron chi connectivity index (χ3n) is 3.40. The average molecular weight is 230 g/mol. The summed E-state index contributed by atoms with van der Waals surface area (Å²) in [7, 11) is 2.23. The second kappa shape index (κ2) is 7.53. The zero-order valence-corrected chi connectivity index (χ0v) is 11.3. The summed E-state index contributed by atoms with van der Waals surface area (Å²) in [5.74, 6) is 2.68. The lowest BCUT2D eigenvalue weighted by Crippen LogP contribution is -2.40. The molecule has 1 saturated heterocycles. The van der Waals surface area contributed by atoms with Crippen LogP contribution in [-0.4, -0.2) is 48.6 Å². The van der Waals surface area contributed by atoms with Gasteiger partial charge >= 0.3 is 0 Å². The molecule has 1 aliphatic heterocycles. The van der Waals surface area contributed by atoms with E-state index in [1.807, 2.05) is 0 Å². The van der Waals surface area contributed by atoms with E-state index in [4.69, 9.17) is 0 Å². The molecule has 2 nitrogen and oxygen atoms in total. The number of hydrogen-bond donors (Lipinski definition) is 1. The summed E-state index contributed by atoms with van der Waals surface area (Å²) in [6.45, 7) is 6.88. The zero-order chi connectivity index (χ0) is 11.1. The fourth-order valence-corrected chi connectivity index (χ4v) is 2.99. The summed E-state index contributed by atoms with van der Waals surface area (Å²) in [5, 5.41) is 3.67. The molecular weight excluding hydrogens is 204 g/mol. The van der Waals surface area contributed by atoms with E-state index in [0.29, 0.717) is 6.04 Å². The molecule has 0 aromatic carbocycles. The molecular formula is C12H26N2S. The third kappa shape index (κ3) is 5.23. The van der Waals surface area contributed by atoms with Crippen LogP contribution in [0.1, 0.15) is 33.1 Å². The maximum atomic E-state index is 3.67. The molecule has 0 bridgehead atoms. The molecule has 2 atom stereocenters. The summed E-state index contributed by atoms with van der Waals surface area (Å²) in [6.07, 6.45) is 4.01. The monoisotopic (exact) mass is 230 g/mol. The molecule has 0 aliphatic carbocycles. The van der Waals surface area contributed by atoms with Gasteiger partial charge in [-0.1, -0.05) is 6.92 Å². The highest BCUT2D eigenvalue weighted by atomic mass is 32.2. The van der Waals surface area contributed by atoms with Gasteiger partial charge in [-0.05, 0) is 39.0 Å². The van der Waals surface area contributed by atoms with Crippen molar-refractivity contribution in [2.45, 2.75) is 45.2 Å². The molecule has 0 aromatic rings. The topological polar surface area (TPSA) is 15.3 Å². The Morgan fingerprint density at radius 3 is 2.93 bits per heavy atom. The van der Waals surface area contributed by atoms with Crippen LogP contribution in [-0.2, 0) is 0 Å². The zero-order valence-electron chi connectivity index (χ0n) is 10.5. The Hall–Kier alpha value is 0.270. The molecule has 1 aliphatic rings. The van der Waals surface area contributed by atoms with Crippen molar-refractivity contribution in [3.8, 4) is 0 Å². The van der Waals surface area contributed by atoms with Crippen LogP contribution in [0.15, 0.2) is 0 Å². The number of rotatable bonds is 6. The van der Waals surface area contributed by atoms with Crippen molar-refractivity contribution in [2.75, 3.05) is 31.6 Å². The lowest BCUT2D eigenvalue weighted by atomic mass is 10.2. The second-order valence-corrected chi connectivity index (χ2v) is 5.76. The average Bonchev–Trinajstić information content (AvgIpc) is 2.29. The van der Waals surface area contributed by atoms with Crippen molar-refractivity contribution in [3.63, 3.8) is 0 Å². The van der Waals surface area contributed by atoms with Crippen LogP contribution in [0.3, 0.4) is 0 Å². The standard InChI is InChI=1S/C12H26N2S/c1-4-11(2)14(3)8-7-13-12-6-5-9-15-10-12/h11-13H,4-10H2,1-3H3. The van der Waals surface area contributed by atoms with Crippen LogP contribution in [0.25, 0.3) is 0 Å². The van der Waals surface area contributed by atoms with Gasteiger partial charge in [0.25, 0.3) is 0 Å². The van der Waals surface area contributed by atoms with Gasteiger partial charge < -0.3 is 10.2 Å². The van der Waals surface area contributed by atoms with Crippen molar-refractivity contribution in [3.05, 3.63) is 0 Å². The van der Waals surface area contributed by atoms with Crippen molar-refractivity contribution >= 4 is 11.8 Å². The van der Waals surface area contributed by atoms with Crippen LogP contribution < -0.4 is 5.32 Å². The van der Waals surface area contributed by atoms with Crippen LogP contribution in [0.5, 0.6) is 0 Å². The van der Waals surface area contributed by atoms with E-state index in [-0.39, 0.29) is 0 Å². The number of likely N-dealkylation sites (N-methyl/N-ethyl adjacent to an activating group) is 1. The van der Waals surface area contributed by atoms with Gasteiger partial charge in [-0.2, -0.15) is 11.8 Å². The van der Waals surface area contributed by atoms with Crippen LogP contribution in [0.4, 0.5) is 0 Å². The van der Waals surface area contributed by atoms with Crippen molar-refractivity contribution in [1.82, 2.24) is 10.2 Å². The lowest BCUT2D eigenvalue weighted by molar-refractivity contribution is 0.248. The summed E-state index contributed by atoms with van der Waals surface area (Å²) < 4.78 is 0. The van der Waals surface area contributed by atoms with Gasteiger partial charge in [-0.15, -0.1) is 0 Å². The Kier molecular flexibility index (Phi) is 6.69. The number of nitrogens with one attached hydrogen (secondary N) is 1. The maximum Gasteiger partial charge on any atom is 0.0159 e. The quantitative estimate of drug-likeness (QED) is 0.753. The van der Waals surface area contributed by atoms with Crippen molar-refractivity contribution < 1.29 is 0 Å². The van der Waals surface area contributed by atoms with Crippen molar-refractivity contribution in [1.29, 1.82) is 0 Å². The minimum absolute atomic E-state index is 0.715. The molecule has 15 heavy (non-hydrogen) atoms. The van der Waals surface area contributed by atoms with Crippen LogP contribution >= 0.6 is 11.8 Å². The molecule has 0 radical (unpaired) electrons. The number of thioether (sulfide) groups is 1. The highest BCUT2D eigenvalue weighted by Gasteiger charge is 2.13. The Bertz CT molecular complexity index is 156. The summed E-state index contributed by atoms with van der Waals surface area (Å²) in [5.41, 5.74) is 0. The predicted octanol–water partition coefficient (Wildman–Crippen LogP) is 2.20. The van der Waals surface area contributed by atoms with Gasteiger partial charge in [0, 0.05) is 30.9 Å². The molecule has 90 valence electrons. The summed E-state index contributed by atoms with van der Waals surface area (Å²) in [6, 6.07) is 1.49. The summed E-state index contributed by atoms with van der Waals surface area (Å²) in [4.78, 5) is 2.45. The molecule has 0 spiro atoms. The van der Waals surface area contributed by atoms with E-state index in [9.17, 15) is 0 Å². The smallest absolute Gasteiger partial charge is 0.0159 e. The highest BCUT2D eigenvalue weighted by Crippen LogP contribution is 2.16. The second-order valence-electron chi connectivity index (χ2n) is 4.61. The largest absolute Gasteiger partial charge is 0.312 e. The fourth-order valence-electron chi connectivity index (χ4n) is 1.88. The predicted molar refractivity (Wildman–Crippen MR) is 70.7 cm³/mol. The first kappa shape index (κ1) is 13.3. The van der Waals surface area contributed by atoms with Crippen LogP contribution in [0, 0.1) is 0 Å². The SMILES string of the molecule is CCC(C)N(C)CCNC1CCCSC1. The van der Waals surface area contributed by atoms with E-state index in [1.165, 1.54) is 37.3 Å². The van der Waals surface area contributed by atoms with Gasteiger partial charge in [0.1, 0.15) is 0 Å². The van der Waals surface area contributed by atoms with E-state index >= 15 is 0 Å². The third-order valence-corrected chi connectivity index (χ3v) is 4.62. The first-order valence-electron chi connectivity index (χ1n) is 6.25. The number of nitrogens with zero attached hydrogens (tertiary/aromatic N) is 1. The molecule has 0 saturated carbocycles. The molecule has 1 rings (SSSR count). The van der Waals surface area contributed by atoms with Gasteiger partial charge in [-0.25, -0.2) is 0 Å². The summed E-state index contributed by atoms with van der Waals surface area (Å²) >= 11 is 2.10. The normalized spacial score (nSPS) is 24.4. The van der Waals surface area contributed by atoms with Crippen LogP contribution in [0.2, 0.25) is 0 Å². The molecule has 1 N–H and O–H groups in total. The van der Waals surface area contributed by atoms with E-state index < -0.39 is 0 Å². The molecule has 3 heteroatoms. The maximum absolute atomic E-state index is 3.67. The minimum Gasteiger partial charge on any atom is -0.312 e. The van der Waals surface area contributed by atoms with Gasteiger partial charge in [-0.3, -0.25) is 0 Å². The molecule has 0 aromatic heterocycles. The first-order valence-corrected chi connectivity index (χ1v) is 7.41. The minimum atomic E-state index is 0.715. The molecule has 2 unspecified atom stereocenters. The Morgan fingerprint density at radius 1 is 1.53 bits per heavy atom. The Labute approximate surface area is 99.2 Å². The van der Waals surface area contributed by atoms with Crippen molar-refractivity contribution in [2.24, 2.45) is 0 Å². The Morgan fingerprint density at radius 2 is 2.33 bits per heavy atom. The molecule has 1 fully saturated rings. The fraction of sp³-hybridized carbons (Fsp3) is 1.00. The van der Waals surface area contributed by atoms with E-state index in [1.54, 1.807) is 0 Å². The van der Waals surface area contributed by atoms with Gasteiger partial charge in [0.05, 0.1) is 0 Å². The lowest BCUT2D eigenvalue weighted by Gasteiger charge is -2.26. The van der Waals surface area contributed by atoms with E-state index in [0.717, 1.165) is 12.6 Å². The molecule has 1 heterocycles. The number of hydrogen-bond acceptors (Lipinski definition) is 3. The highest BCUT2D eigenvalue weighted by molar-refractivity contribution is 7.99. The Balaban J connectivity index is 2.04. The first-order chi connectivity index (χ1) is 7.24. The van der Waals surface area contributed by atoms with Gasteiger partial charge in [0.2, 0.25) is 0 Å².